The van der Waals surface area contributed by atoms with Gasteiger partial charge in [-0.25, -0.2) is 4.21 Å². The summed E-state index contributed by atoms with van der Waals surface area (Å²) < 4.78 is 30.7. The summed E-state index contributed by atoms with van der Waals surface area (Å²) in [6.07, 6.45) is 0. The SMILES string of the molecule is O=CS(=O)(O)(O)c1cccc2ccccc12. The summed E-state index contributed by atoms with van der Waals surface area (Å²) in [5.41, 5.74) is -0.307. The maximum Gasteiger partial charge on any atom is 0.235 e. The van der Waals surface area contributed by atoms with E-state index in [9.17, 15) is 18.1 Å². The summed E-state index contributed by atoms with van der Waals surface area (Å²) in [7, 11) is -5.36. The second-order valence-electron chi connectivity index (χ2n) is 3.50. The average Bonchev–Trinajstić information content (AvgIpc) is 2.28. The highest BCUT2D eigenvalue weighted by atomic mass is 32.3. The molecule has 0 heterocycles. The molecule has 0 saturated carbocycles. The quantitative estimate of drug-likeness (QED) is 0.786. The second kappa shape index (κ2) is 3.21. The van der Waals surface area contributed by atoms with Crippen LogP contribution in [0.2, 0.25) is 0 Å². The van der Waals surface area contributed by atoms with E-state index >= 15 is 0 Å². The van der Waals surface area contributed by atoms with E-state index in [1.165, 1.54) is 12.1 Å². The van der Waals surface area contributed by atoms with Gasteiger partial charge in [0.25, 0.3) is 0 Å². The van der Waals surface area contributed by atoms with Crippen LogP contribution in [0.15, 0.2) is 47.4 Å². The van der Waals surface area contributed by atoms with E-state index in [2.05, 4.69) is 0 Å². The maximum atomic E-state index is 11.7. The Labute approximate surface area is 92.0 Å². The topological polar surface area (TPSA) is 74.6 Å². The van der Waals surface area contributed by atoms with Gasteiger partial charge in [-0.15, -0.1) is 0 Å². The predicted molar refractivity (Wildman–Crippen MR) is 62.4 cm³/mol. The first-order valence-corrected chi connectivity index (χ1v) is 6.47. The highest BCUT2D eigenvalue weighted by Gasteiger charge is 2.33. The van der Waals surface area contributed by atoms with E-state index in [-0.39, 0.29) is 10.5 Å². The first-order chi connectivity index (χ1) is 7.42. The fraction of sp³-hybridized carbons (Fsp3) is 0. The van der Waals surface area contributed by atoms with Gasteiger partial charge < -0.3 is 0 Å². The van der Waals surface area contributed by atoms with Crippen LogP contribution in [0.4, 0.5) is 0 Å². The molecule has 5 heteroatoms. The van der Waals surface area contributed by atoms with E-state index < -0.39 is 9.63 Å². The van der Waals surface area contributed by atoms with Crippen molar-refractivity contribution in [3.05, 3.63) is 42.5 Å². The van der Waals surface area contributed by atoms with E-state index in [0.717, 1.165) is 0 Å². The van der Waals surface area contributed by atoms with Gasteiger partial charge >= 0.3 is 0 Å². The zero-order valence-corrected chi connectivity index (χ0v) is 9.05. The summed E-state index contributed by atoms with van der Waals surface area (Å²) in [6.45, 7) is 0. The molecule has 2 N–H and O–H groups in total. The number of carbonyl (C=O) groups excluding carboxylic acids is 1. The fourth-order valence-corrected chi connectivity index (χ4v) is 2.62. The van der Waals surface area contributed by atoms with Crippen molar-refractivity contribution < 1.29 is 18.1 Å². The summed E-state index contributed by atoms with van der Waals surface area (Å²) >= 11 is 0. The van der Waals surface area contributed by atoms with Gasteiger partial charge in [-0.3, -0.25) is 13.9 Å². The number of carbonyl (C=O) groups is 1. The van der Waals surface area contributed by atoms with Crippen molar-refractivity contribution in [1.29, 1.82) is 0 Å². The maximum absolute atomic E-state index is 11.7. The summed E-state index contributed by atoms with van der Waals surface area (Å²) in [5.74, 6) is 0. The number of benzene rings is 2. The smallest absolute Gasteiger partial charge is 0.235 e. The molecule has 0 saturated heterocycles. The van der Waals surface area contributed by atoms with E-state index in [4.69, 9.17) is 0 Å². The molecule has 0 bridgehead atoms. The van der Waals surface area contributed by atoms with Gasteiger partial charge in [0, 0.05) is 5.39 Å². The first kappa shape index (κ1) is 10.9. The number of fused-ring (bicyclic) bond motifs is 1. The Morgan fingerprint density at radius 1 is 1.00 bits per heavy atom. The molecule has 0 aliphatic heterocycles. The molecular weight excluding hydrogens is 228 g/mol. The minimum atomic E-state index is -5.36. The Balaban J connectivity index is 2.91. The van der Waals surface area contributed by atoms with Crippen molar-refractivity contribution in [2.75, 3.05) is 0 Å². The Morgan fingerprint density at radius 2 is 1.62 bits per heavy atom. The Bertz CT molecular complexity index is 621. The largest absolute Gasteiger partial charge is 0.299 e. The molecule has 84 valence electrons. The molecular formula is C11H10O4S. The highest BCUT2D eigenvalue weighted by Crippen LogP contribution is 2.32. The molecule has 4 nitrogen and oxygen atoms in total. The van der Waals surface area contributed by atoms with Crippen LogP contribution in [0, 0.1) is 0 Å². The van der Waals surface area contributed by atoms with Crippen LogP contribution in [0.1, 0.15) is 0 Å². The van der Waals surface area contributed by atoms with Gasteiger partial charge in [-0.1, -0.05) is 36.4 Å². The summed E-state index contributed by atoms with van der Waals surface area (Å²) in [4.78, 5) is 10.4. The standard InChI is InChI=1S/C11H10O4S/c12-8-16(13,14,15)11-7-3-5-9-4-1-2-6-10(9)11/h1-8H,(H2,13,14,15). The normalized spacial score (nSPS) is 14.2. The Hall–Kier alpha value is -1.56. The number of hydrogen-bond donors (Lipinski definition) is 2. The van der Waals surface area contributed by atoms with Crippen LogP contribution in [0.5, 0.6) is 0 Å². The van der Waals surface area contributed by atoms with Crippen molar-refractivity contribution in [3.8, 4) is 0 Å². The minimum Gasteiger partial charge on any atom is -0.299 e. The summed E-state index contributed by atoms with van der Waals surface area (Å²) in [6, 6.07) is 11.2. The van der Waals surface area contributed by atoms with Crippen LogP contribution in [-0.2, 0) is 14.4 Å². The third-order valence-electron chi connectivity index (χ3n) is 2.34. The minimum absolute atomic E-state index is 0.259. The van der Waals surface area contributed by atoms with E-state index in [1.807, 2.05) is 0 Å². The molecule has 0 radical (unpaired) electrons. The molecule has 16 heavy (non-hydrogen) atoms. The van der Waals surface area contributed by atoms with Crippen molar-refractivity contribution in [2.24, 2.45) is 0 Å². The molecule has 2 aromatic carbocycles. The zero-order chi connectivity index (χ0) is 11.8. The monoisotopic (exact) mass is 238 g/mol. The van der Waals surface area contributed by atoms with Gasteiger partial charge in [0.05, 0.1) is 4.90 Å². The lowest BCUT2D eigenvalue weighted by molar-refractivity contribution is 0.403. The Kier molecular flexibility index (Phi) is 2.20. The van der Waals surface area contributed by atoms with Gasteiger partial charge in [0.1, 0.15) is 0 Å². The highest BCUT2D eigenvalue weighted by molar-refractivity contribution is 8.21. The molecule has 0 unspecified atom stereocenters. The first-order valence-electron chi connectivity index (χ1n) is 4.53. The van der Waals surface area contributed by atoms with Gasteiger partial charge in [-0.05, 0) is 11.5 Å². The lowest BCUT2D eigenvalue weighted by Crippen LogP contribution is -2.32. The van der Waals surface area contributed by atoms with Crippen molar-refractivity contribution in [3.63, 3.8) is 0 Å². The molecule has 2 rings (SSSR count). The predicted octanol–water partition coefficient (Wildman–Crippen LogP) is 2.16. The molecule has 0 amide bonds. The molecule has 2 aromatic rings. The molecule has 0 aromatic heterocycles. The van der Waals surface area contributed by atoms with E-state index in [0.29, 0.717) is 10.8 Å². The van der Waals surface area contributed by atoms with Crippen LogP contribution in [-0.4, -0.2) is 18.9 Å². The molecule has 0 fully saturated rings. The van der Waals surface area contributed by atoms with Crippen LogP contribution in [0.25, 0.3) is 10.8 Å². The van der Waals surface area contributed by atoms with Crippen LogP contribution < -0.4 is 0 Å². The van der Waals surface area contributed by atoms with Gasteiger partial charge in [-0.2, -0.15) is 0 Å². The number of hydrogen-bond acceptors (Lipinski definition) is 2. The molecule has 0 aliphatic rings. The van der Waals surface area contributed by atoms with Crippen molar-refractivity contribution >= 4 is 26.0 Å². The average molecular weight is 238 g/mol. The second-order valence-corrected chi connectivity index (χ2v) is 5.97. The Morgan fingerprint density at radius 3 is 2.31 bits per heavy atom. The molecule has 0 aliphatic carbocycles. The van der Waals surface area contributed by atoms with Crippen LogP contribution in [0.3, 0.4) is 0 Å². The number of rotatable bonds is 2. The fourth-order valence-electron chi connectivity index (χ4n) is 1.58. The lowest BCUT2D eigenvalue weighted by Gasteiger charge is -2.24. The van der Waals surface area contributed by atoms with Crippen molar-refractivity contribution in [1.82, 2.24) is 0 Å². The third-order valence-corrected chi connectivity index (χ3v) is 3.87. The zero-order valence-electron chi connectivity index (χ0n) is 8.24. The van der Waals surface area contributed by atoms with Gasteiger partial charge in [0.2, 0.25) is 5.62 Å². The van der Waals surface area contributed by atoms with Gasteiger partial charge in [0.15, 0.2) is 9.63 Å². The van der Waals surface area contributed by atoms with Crippen molar-refractivity contribution in [2.45, 2.75) is 4.90 Å². The lowest BCUT2D eigenvalue weighted by atomic mass is 10.1. The van der Waals surface area contributed by atoms with Crippen LogP contribution >= 0.6 is 0 Å². The molecule has 0 spiro atoms. The summed E-state index contributed by atoms with van der Waals surface area (Å²) in [5, 5.41) is 1.07. The molecule has 0 atom stereocenters. The third kappa shape index (κ3) is 1.65. The van der Waals surface area contributed by atoms with E-state index in [1.54, 1.807) is 30.3 Å².